The van der Waals surface area contributed by atoms with Crippen LogP contribution in [-0.2, 0) is 5.41 Å². The van der Waals surface area contributed by atoms with Gasteiger partial charge in [0.1, 0.15) is 0 Å². The van der Waals surface area contributed by atoms with Gasteiger partial charge in [0.05, 0.1) is 11.7 Å². The van der Waals surface area contributed by atoms with Crippen molar-refractivity contribution in [1.82, 2.24) is 9.78 Å². The Morgan fingerprint density at radius 3 is 2.55 bits per heavy atom. The molecule has 4 rings (SSSR count). The Morgan fingerprint density at radius 1 is 1.10 bits per heavy atom. The fourth-order valence-corrected chi connectivity index (χ4v) is 4.66. The van der Waals surface area contributed by atoms with Gasteiger partial charge >= 0.3 is 0 Å². The van der Waals surface area contributed by atoms with Gasteiger partial charge in [0.2, 0.25) is 0 Å². The monoisotopic (exact) mass is 407 g/mol. The lowest BCUT2D eigenvalue weighted by Gasteiger charge is -2.40. The Bertz CT molecular complexity index is 1070. The van der Waals surface area contributed by atoms with Gasteiger partial charge in [-0.05, 0) is 62.4 Å². The molecule has 0 aliphatic heterocycles. The van der Waals surface area contributed by atoms with E-state index in [0.29, 0.717) is 6.54 Å². The molecule has 2 aromatic carbocycles. The average molecular weight is 408 g/mol. The largest absolute Gasteiger partial charge is 0.330 e. The van der Waals surface area contributed by atoms with Gasteiger partial charge in [0, 0.05) is 28.6 Å². The summed E-state index contributed by atoms with van der Waals surface area (Å²) in [5.41, 5.74) is 10.3. The van der Waals surface area contributed by atoms with Crippen LogP contribution in [0.5, 0.6) is 0 Å². The third kappa shape index (κ3) is 4.00. The van der Waals surface area contributed by atoms with Crippen LogP contribution < -0.4 is 11.3 Å². The van der Waals surface area contributed by atoms with Crippen molar-refractivity contribution >= 4 is 11.6 Å². The van der Waals surface area contributed by atoms with Crippen LogP contribution in [0.25, 0.3) is 11.3 Å². The molecule has 1 fully saturated rings. The van der Waals surface area contributed by atoms with E-state index >= 15 is 0 Å². The van der Waals surface area contributed by atoms with Gasteiger partial charge in [0.25, 0.3) is 5.56 Å². The molecule has 1 aliphatic rings. The summed E-state index contributed by atoms with van der Waals surface area (Å²) in [7, 11) is 0. The van der Waals surface area contributed by atoms with Gasteiger partial charge in [0.15, 0.2) is 0 Å². The van der Waals surface area contributed by atoms with E-state index in [0.717, 1.165) is 42.0 Å². The van der Waals surface area contributed by atoms with Crippen molar-refractivity contribution in [3.63, 3.8) is 0 Å². The molecule has 150 valence electrons. The molecule has 0 spiro atoms. The van der Waals surface area contributed by atoms with Gasteiger partial charge in [-0.3, -0.25) is 4.79 Å². The lowest BCUT2D eigenvalue weighted by molar-refractivity contribution is 0.222. The fraction of sp³-hybridized carbons (Fsp3) is 0.333. The van der Waals surface area contributed by atoms with Crippen LogP contribution in [0.2, 0.25) is 5.02 Å². The van der Waals surface area contributed by atoms with Crippen LogP contribution in [0.3, 0.4) is 0 Å². The molecule has 1 aromatic heterocycles. The van der Waals surface area contributed by atoms with E-state index in [2.05, 4.69) is 25.1 Å². The second kappa shape index (κ2) is 8.13. The standard InChI is InChI=1S/C24H26ClN3O/c1-17-4-2-5-18(14-17)22-8-9-23(29)28(27-22)21-10-12-24(16-26,13-11-21)19-6-3-7-20(25)15-19/h2-9,14-15,21H,10-13,16,26H2,1H3/t21-,24-. The first-order valence-corrected chi connectivity index (χ1v) is 10.5. The minimum Gasteiger partial charge on any atom is -0.330 e. The smallest absolute Gasteiger partial charge is 0.267 e. The molecule has 0 radical (unpaired) electrons. The van der Waals surface area contributed by atoms with Gasteiger partial charge in [-0.15, -0.1) is 0 Å². The van der Waals surface area contributed by atoms with E-state index in [9.17, 15) is 4.79 Å². The molecule has 4 nitrogen and oxygen atoms in total. The second-order valence-corrected chi connectivity index (χ2v) is 8.53. The number of aromatic nitrogens is 2. The summed E-state index contributed by atoms with van der Waals surface area (Å²) < 4.78 is 1.68. The molecule has 1 aliphatic carbocycles. The lowest BCUT2D eigenvalue weighted by atomic mass is 9.68. The lowest BCUT2D eigenvalue weighted by Crippen LogP contribution is -2.41. The Labute approximate surface area is 176 Å². The third-order valence-corrected chi connectivity index (χ3v) is 6.46. The topological polar surface area (TPSA) is 60.9 Å². The van der Waals surface area contributed by atoms with Crippen molar-refractivity contribution in [2.45, 2.75) is 44.1 Å². The van der Waals surface area contributed by atoms with Crippen molar-refractivity contribution in [2.75, 3.05) is 6.54 Å². The average Bonchev–Trinajstić information content (AvgIpc) is 2.74. The number of hydrogen-bond acceptors (Lipinski definition) is 3. The second-order valence-electron chi connectivity index (χ2n) is 8.10. The van der Waals surface area contributed by atoms with Crippen molar-refractivity contribution in [3.05, 3.63) is 87.2 Å². The van der Waals surface area contributed by atoms with Gasteiger partial charge in [-0.25, -0.2) is 4.68 Å². The first-order chi connectivity index (χ1) is 14.0. The van der Waals surface area contributed by atoms with Gasteiger partial charge < -0.3 is 5.73 Å². The molecule has 0 bridgehead atoms. The minimum atomic E-state index is -0.0842. The molecule has 5 heteroatoms. The first kappa shape index (κ1) is 19.9. The molecule has 3 aromatic rings. The number of benzene rings is 2. The molecule has 1 heterocycles. The third-order valence-electron chi connectivity index (χ3n) is 6.22. The molecule has 0 amide bonds. The number of rotatable bonds is 4. The zero-order valence-electron chi connectivity index (χ0n) is 16.6. The highest BCUT2D eigenvalue weighted by Gasteiger charge is 2.37. The molecule has 29 heavy (non-hydrogen) atoms. The summed E-state index contributed by atoms with van der Waals surface area (Å²) in [6, 6.07) is 19.7. The highest BCUT2D eigenvalue weighted by Crippen LogP contribution is 2.42. The Kier molecular flexibility index (Phi) is 5.57. The van der Waals surface area contributed by atoms with Crippen molar-refractivity contribution in [3.8, 4) is 11.3 Å². The summed E-state index contributed by atoms with van der Waals surface area (Å²) in [5, 5.41) is 5.46. The van der Waals surface area contributed by atoms with E-state index in [4.69, 9.17) is 22.4 Å². The molecular formula is C24H26ClN3O. The van der Waals surface area contributed by atoms with Crippen molar-refractivity contribution < 1.29 is 0 Å². The van der Waals surface area contributed by atoms with Gasteiger partial charge in [-0.2, -0.15) is 5.10 Å². The van der Waals surface area contributed by atoms with E-state index < -0.39 is 0 Å². The Hall–Kier alpha value is -2.43. The molecular weight excluding hydrogens is 382 g/mol. The predicted molar refractivity (Wildman–Crippen MR) is 118 cm³/mol. The summed E-state index contributed by atoms with van der Waals surface area (Å²) >= 11 is 6.22. The van der Waals surface area contributed by atoms with Crippen LogP contribution in [-0.4, -0.2) is 16.3 Å². The molecule has 0 atom stereocenters. The quantitative estimate of drug-likeness (QED) is 0.670. The number of nitrogens with two attached hydrogens (primary N) is 1. The summed E-state index contributed by atoms with van der Waals surface area (Å²) in [6.45, 7) is 2.63. The van der Waals surface area contributed by atoms with Crippen molar-refractivity contribution in [2.24, 2.45) is 5.73 Å². The highest BCUT2D eigenvalue weighted by molar-refractivity contribution is 6.30. The highest BCUT2D eigenvalue weighted by atomic mass is 35.5. The number of hydrogen-bond donors (Lipinski definition) is 1. The number of aryl methyl sites for hydroxylation is 1. The van der Waals surface area contributed by atoms with Crippen LogP contribution in [0.15, 0.2) is 65.5 Å². The number of nitrogens with zero attached hydrogens (tertiary/aromatic N) is 2. The first-order valence-electron chi connectivity index (χ1n) is 10.1. The maximum atomic E-state index is 12.6. The van der Waals surface area contributed by atoms with E-state index in [1.165, 1.54) is 11.1 Å². The van der Waals surface area contributed by atoms with E-state index in [1.54, 1.807) is 10.7 Å². The molecule has 0 saturated heterocycles. The SMILES string of the molecule is Cc1cccc(-c2ccc(=O)n([C@H]3CC[C@](CN)(c4cccc(Cl)c4)CC3)n2)c1. The molecule has 1 saturated carbocycles. The minimum absolute atomic E-state index is 0.0468. The maximum Gasteiger partial charge on any atom is 0.267 e. The summed E-state index contributed by atoms with van der Waals surface area (Å²) in [4.78, 5) is 12.6. The van der Waals surface area contributed by atoms with Crippen LogP contribution in [0, 0.1) is 6.92 Å². The van der Waals surface area contributed by atoms with Gasteiger partial charge in [-0.1, -0.05) is 47.5 Å². The summed E-state index contributed by atoms with van der Waals surface area (Å²) in [6.07, 6.45) is 3.57. The molecule has 2 N–H and O–H groups in total. The van der Waals surface area contributed by atoms with Crippen LogP contribution in [0.4, 0.5) is 0 Å². The predicted octanol–water partition coefficient (Wildman–Crippen LogP) is 4.88. The van der Waals surface area contributed by atoms with E-state index in [-0.39, 0.29) is 17.0 Å². The number of halogens is 1. The summed E-state index contributed by atoms with van der Waals surface area (Å²) in [5.74, 6) is 0. The molecule has 0 unspecified atom stereocenters. The van der Waals surface area contributed by atoms with Crippen LogP contribution in [0.1, 0.15) is 42.9 Å². The zero-order chi connectivity index (χ0) is 20.4. The van der Waals surface area contributed by atoms with E-state index in [1.807, 2.05) is 36.4 Å². The van der Waals surface area contributed by atoms with Crippen LogP contribution >= 0.6 is 11.6 Å². The Balaban J connectivity index is 1.60. The normalized spacial score (nSPS) is 21.8. The zero-order valence-corrected chi connectivity index (χ0v) is 17.4. The fourth-order valence-electron chi connectivity index (χ4n) is 4.47. The van der Waals surface area contributed by atoms with Crippen molar-refractivity contribution in [1.29, 1.82) is 0 Å². The Morgan fingerprint density at radius 2 is 1.86 bits per heavy atom. The maximum absolute atomic E-state index is 12.6.